The van der Waals surface area contributed by atoms with Gasteiger partial charge in [-0.3, -0.25) is 9.59 Å². The molecule has 0 aliphatic carbocycles. The first-order valence-electron chi connectivity index (χ1n) is 8.78. The van der Waals surface area contributed by atoms with Gasteiger partial charge >= 0.3 is 0 Å². The maximum atomic E-state index is 12.3. The van der Waals surface area contributed by atoms with E-state index >= 15 is 0 Å². The van der Waals surface area contributed by atoms with Gasteiger partial charge in [0.15, 0.2) is 13.1 Å². The zero-order valence-electron chi connectivity index (χ0n) is 16.1. The molecule has 0 radical (unpaired) electrons. The molecular weight excluding hydrogens is 346 g/mol. The molecule has 1 aromatic heterocycles. The third kappa shape index (κ3) is 5.68. The minimum Gasteiger partial charge on any atom is -0.344 e. The van der Waals surface area contributed by atoms with Crippen molar-refractivity contribution in [3.63, 3.8) is 0 Å². The van der Waals surface area contributed by atoms with Crippen molar-refractivity contribution in [2.45, 2.75) is 33.7 Å². The number of thiophene rings is 1. The molecule has 1 aromatic carbocycles. The smallest absolute Gasteiger partial charge is 0.279 e. The lowest BCUT2D eigenvalue weighted by molar-refractivity contribution is -0.862. The fourth-order valence-electron chi connectivity index (χ4n) is 3.07. The van der Waals surface area contributed by atoms with Crippen LogP contribution in [0.5, 0.6) is 0 Å². The number of nitrogens with one attached hydrogen (secondary N) is 3. The summed E-state index contributed by atoms with van der Waals surface area (Å²) < 4.78 is 0. The molecule has 0 fully saturated rings. The zero-order valence-corrected chi connectivity index (χ0v) is 16.9. The van der Waals surface area contributed by atoms with Gasteiger partial charge in [0, 0.05) is 10.6 Å². The lowest BCUT2D eigenvalue weighted by atomic mass is 10.1. The number of rotatable bonds is 7. The minimum absolute atomic E-state index is 0.0121. The summed E-state index contributed by atoms with van der Waals surface area (Å²) >= 11 is 1.62. The summed E-state index contributed by atoms with van der Waals surface area (Å²) in [6, 6.07) is 8.07. The topological polar surface area (TPSA) is 62.6 Å². The summed E-state index contributed by atoms with van der Waals surface area (Å²) in [7, 11) is 1.85. The number of likely N-dealkylation sites (N-methyl/N-ethyl adjacent to an activating group) is 1. The third-order valence-corrected chi connectivity index (χ3v) is 5.27. The average molecular weight is 375 g/mol. The molecule has 2 rings (SSSR count). The third-order valence-electron chi connectivity index (χ3n) is 4.21. The molecule has 1 heterocycles. The van der Waals surface area contributed by atoms with Crippen molar-refractivity contribution in [2.75, 3.05) is 25.5 Å². The Balaban J connectivity index is 1.84. The van der Waals surface area contributed by atoms with Crippen LogP contribution in [-0.2, 0) is 9.59 Å². The quantitative estimate of drug-likeness (QED) is 0.694. The second-order valence-corrected chi connectivity index (χ2v) is 7.92. The first-order chi connectivity index (χ1) is 12.3. The van der Waals surface area contributed by atoms with E-state index in [9.17, 15) is 9.59 Å². The first-order valence-corrected chi connectivity index (χ1v) is 9.66. The SMILES string of the molecule is Cc1cc(C)c(NC(=O)C[NH+](C)CC(=O)N[C@H](C)c2cccs2)c(C)c1. The Morgan fingerprint density at radius 3 is 2.31 bits per heavy atom. The van der Waals surface area contributed by atoms with Gasteiger partial charge in [0.05, 0.1) is 13.1 Å². The van der Waals surface area contributed by atoms with E-state index in [1.165, 1.54) is 5.56 Å². The predicted molar refractivity (Wildman–Crippen MR) is 107 cm³/mol. The Kier molecular flexibility index (Phi) is 6.94. The summed E-state index contributed by atoms with van der Waals surface area (Å²) in [5.74, 6) is -0.143. The Morgan fingerprint density at radius 1 is 1.12 bits per heavy atom. The van der Waals surface area contributed by atoms with Crippen LogP contribution in [0.1, 0.15) is 34.5 Å². The molecule has 1 unspecified atom stereocenters. The molecule has 6 heteroatoms. The highest BCUT2D eigenvalue weighted by Gasteiger charge is 2.17. The average Bonchev–Trinajstić information content (AvgIpc) is 3.04. The first kappa shape index (κ1) is 20.1. The Hall–Kier alpha value is -2.18. The van der Waals surface area contributed by atoms with E-state index in [1.54, 1.807) is 11.3 Å². The van der Waals surface area contributed by atoms with Gasteiger partial charge in [0.1, 0.15) is 0 Å². The van der Waals surface area contributed by atoms with E-state index < -0.39 is 0 Å². The predicted octanol–water partition coefficient (Wildman–Crippen LogP) is 2.00. The summed E-state index contributed by atoms with van der Waals surface area (Å²) in [6.07, 6.45) is 0. The molecule has 0 aliphatic heterocycles. The van der Waals surface area contributed by atoms with Gasteiger partial charge in [0.25, 0.3) is 11.8 Å². The largest absolute Gasteiger partial charge is 0.344 e. The second-order valence-electron chi connectivity index (χ2n) is 6.94. The van der Waals surface area contributed by atoms with Crippen molar-refractivity contribution in [3.8, 4) is 0 Å². The van der Waals surface area contributed by atoms with Crippen molar-refractivity contribution in [3.05, 3.63) is 51.2 Å². The molecule has 2 atom stereocenters. The van der Waals surface area contributed by atoms with E-state index in [2.05, 4.69) is 22.8 Å². The number of carbonyl (C=O) groups excluding carboxylic acids is 2. The monoisotopic (exact) mass is 374 g/mol. The van der Waals surface area contributed by atoms with Crippen molar-refractivity contribution in [2.24, 2.45) is 0 Å². The normalized spacial score (nSPS) is 13.1. The number of benzene rings is 1. The fourth-order valence-corrected chi connectivity index (χ4v) is 3.81. The lowest BCUT2D eigenvalue weighted by Crippen LogP contribution is -3.11. The molecule has 2 amide bonds. The lowest BCUT2D eigenvalue weighted by Gasteiger charge is -2.17. The maximum Gasteiger partial charge on any atom is 0.279 e. The van der Waals surface area contributed by atoms with Crippen LogP contribution in [-0.4, -0.2) is 32.0 Å². The molecule has 0 spiro atoms. The van der Waals surface area contributed by atoms with Gasteiger partial charge in [-0.25, -0.2) is 0 Å². The van der Waals surface area contributed by atoms with Crippen molar-refractivity contribution < 1.29 is 14.5 Å². The molecule has 26 heavy (non-hydrogen) atoms. The van der Waals surface area contributed by atoms with Crippen LogP contribution in [0, 0.1) is 20.8 Å². The summed E-state index contributed by atoms with van der Waals surface area (Å²) in [6.45, 7) is 8.49. The Morgan fingerprint density at radius 2 is 1.73 bits per heavy atom. The maximum absolute atomic E-state index is 12.3. The van der Waals surface area contributed by atoms with E-state index in [1.807, 2.05) is 52.3 Å². The van der Waals surface area contributed by atoms with Crippen LogP contribution in [0.4, 0.5) is 5.69 Å². The number of anilines is 1. The second kappa shape index (κ2) is 8.96. The van der Waals surface area contributed by atoms with Crippen LogP contribution < -0.4 is 15.5 Å². The molecule has 0 aliphatic rings. The summed E-state index contributed by atoms with van der Waals surface area (Å²) in [5, 5.41) is 7.96. The van der Waals surface area contributed by atoms with Crippen LogP contribution in [0.3, 0.4) is 0 Å². The van der Waals surface area contributed by atoms with Gasteiger partial charge < -0.3 is 15.5 Å². The highest BCUT2D eigenvalue weighted by molar-refractivity contribution is 7.10. The van der Waals surface area contributed by atoms with Gasteiger partial charge in [-0.15, -0.1) is 11.3 Å². The molecular formula is C20H28N3O2S+. The fraction of sp³-hybridized carbons (Fsp3) is 0.400. The summed E-state index contributed by atoms with van der Waals surface area (Å²) in [4.78, 5) is 26.5. The highest BCUT2D eigenvalue weighted by atomic mass is 32.1. The van der Waals surface area contributed by atoms with Gasteiger partial charge in [0.2, 0.25) is 0 Å². The van der Waals surface area contributed by atoms with E-state index in [4.69, 9.17) is 0 Å². The van der Waals surface area contributed by atoms with Gasteiger partial charge in [-0.05, 0) is 50.3 Å². The van der Waals surface area contributed by atoms with Crippen molar-refractivity contribution in [1.29, 1.82) is 0 Å². The molecule has 2 aromatic rings. The molecule has 0 saturated heterocycles. The molecule has 140 valence electrons. The molecule has 5 nitrogen and oxygen atoms in total. The van der Waals surface area contributed by atoms with E-state index in [0.717, 1.165) is 26.6 Å². The molecule has 0 saturated carbocycles. The van der Waals surface area contributed by atoms with Crippen LogP contribution in [0.15, 0.2) is 29.6 Å². The minimum atomic E-state index is -0.0864. The zero-order chi connectivity index (χ0) is 19.3. The van der Waals surface area contributed by atoms with Crippen molar-refractivity contribution >= 4 is 28.8 Å². The van der Waals surface area contributed by atoms with Crippen molar-refractivity contribution in [1.82, 2.24) is 5.32 Å². The molecule has 3 N–H and O–H groups in total. The Labute approximate surface area is 159 Å². The number of carbonyl (C=O) groups is 2. The van der Waals surface area contributed by atoms with E-state index in [0.29, 0.717) is 0 Å². The number of aryl methyl sites for hydroxylation is 3. The van der Waals surface area contributed by atoms with Crippen LogP contribution >= 0.6 is 11.3 Å². The number of hydrogen-bond donors (Lipinski definition) is 3. The molecule has 0 bridgehead atoms. The van der Waals surface area contributed by atoms with Gasteiger partial charge in [-0.1, -0.05) is 23.8 Å². The van der Waals surface area contributed by atoms with E-state index in [-0.39, 0.29) is 30.9 Å². The number of quaternary nitrogens is 1. The van der Waals surface area contributed by atoms with Crippen LogP contribution in [0.25, 0.3) is 0 Å². The summed E-state index contributed by atoms with van der Waals surface area (Å²) in [5.41, 5.74) is 4.15. The number of amides is 2. The van der Waals surface area contributed by atoms with Crippen LogP contribution in [0.2, 0.25) is 0 Å². The standard InChI is InChI=1S/C20H27N3O2S/c1-13-9-14(2)20(15(3)10-13)22-19(25)12-23(5)11-18(24)21-16(4)17-7-6-8-26-17/h6-10,16H,11-12H2,1-5H3,(H,21,24)(H,22,25)/p+1/t16-/m1/s1. The highest BCUT2D eigenvalue weighted by Crippen LogP contribution is 2.21. The van der Waals surface area contributed by atoms with Gasteiger partial charge in [-0.2, -0.15) is 0 Å². The Bertz CT molecular complexity index is 748. The number of hydrogen-bond acceptors (Lipinski definition) is 3.